The molecule has 0 fully saturated rings. The molecule has 1 aliphatic heterocycles. The van der Waals surface area contributed by atoms with Crippen molar-refractivity contribution in [3.05, 3.63) is 82.6 Å². The number of pyridine rings is 1. The topological polar surface area (TPSA) is 74.8 Å². The number of ether oxygens (including phenoxy) is 1. The van der Waals surface area contributed by atoms with E-state index >= 15 is 0 Å². The highest BCUT2D eigenvalue weighted by atomic mass is 32.1. The number of hydrogen-bond acceptors (Lipinski definition) is 6. The first kappa shape index (κ1) is 24.2. The fourth-order valence-corrected chi connectivity index (χ4v) is 4.73. The average Bonchev–Trinajstić information content (AvgIpc) is 3.46. The molecule has 5 aromatic rings. The minimum absolute atomic E-state index is 0. The third kappa shape index (κ3) is 4.42. The van der Waals surface area contributed by atoms with E-state index in [1.807, 2.05) is 41.8 Å². The van der Waals surface area contributed by atoms with Gasteiger partial charge in [0.15, 0.2) is 0 Å². The van der Waals surface area contributed by atoms with Gasteiger partial charge in [-0.1, -0.05) is 51.3 Å². The van der Waals surface area contributed by atoms with E-state index in [1.54, 1.807) is 18.4 Å². The number of methoxy groups -OCH3 is 1. The van der Waals surface area contributed by atoms with Gasteiger partial charge in [0, 0.05) is 59.2 Å². The maximum Gasteiger partial charge on any atom is 0.128 e. The molecule has 0 amide bonds. The summed E-state index contributed by atoms with van der Waals surface area (Å²) in [6.45, 7) is 0. The average molecular weight is 484 g/mol. The van der Waals surface area contributed by atoms with Crippen LogP contribution in [0.15, 0.2) is 66.4 Å². The van der Waals surface area contributed by atoms with E-state index in [-0.39, 0.29) is 14.9 Å². The summed E-state index contributed by atoms with van der Waals surface area (Å²) in [6.07, 6.45) is 10.7. The molecule has 2 aromatic carbocycles. The molecule has 0 unspecified atom stereocenters. The molecule has 0 saturated carbocycles. The summed E-state index contributed by atoms with van der Waals surface area (Å²) < 4.78 is 7.58. The molecule has 0 bridgehead atoms. The highest BCUT2D eigenvalue weighted by molar-refractivity contribution is 7.09. The lowest BCUT2D eigenvalue weighted by atomic mass is 10.0. The van der Waals surface area contributed by atoms with Crippen molar-refractivity contribution in [3.8, 4) is 17.0 Å². The maximum atomic E-state index is 5.68. The Morgan fingerprint density at radius 2 is 1.86 bits per heavy atom. The number of benzene rings is 2. The van der Waals surface area contributed by atoms with Crippen LogP contribution >= 0.6 is 11.3 Å². The molecule has 1 aliphatic rings. The van der Waals surface area contributed by atoms with E-state index in [9.17, 15) is 0 Å². The van der Waals surface area contributed by atoms with Crippen LogP contribution in [0.1, 0.15) is 31.0 Å². The Labute approximate surface area is 209 Å². The van der Waals surface area contributed by atoms with Crippen molar-refractivity contribution in [1.82, 2.24) is 25.1 Å². The van der Waals surface area contributed by atoms with Gasteiger partial charge in [0.1, 0.15) is 11.4 Å². The number of nitrogens with one attached hydrogen (secondary N) is 1. The molecule has 1 N–H and O–H groups in total. The number of hydrogen-bond donors (Lipinski definition) is 1. The number of aromatic nitrogens is 4. The monoisotopic (exact) mass is 483 g/mol. The van der Waals surface area contributed by atoms with Crippen LogP contribution in [-0.2, 0) is 13.5 Å². The Morgan fingerprint density at radius 1 is 1.09 bits per heavy atom. The van der Waals surface area contributed by atoms with Crippen molar-refractivity contribution in [2.24, 2.45) is 7.05 Å². The van der Waals surface area contributed by atoms with Gasteiger partial charge in [-0.05, 0) is 11.6 Å². The molecule has 4 heterocycles. The van der Waals surface area contributed by atoms with Crippen LogP contribution in [0.3, 0.4) is 0 Å². The van der Waals surface area contributed by atoms with Crippen LogP contribution in [0.2, 0.25) is 0 Å². The van der Waals surface area contributed by atoms with Crippen molar-refractivity contribution in [2.45, 2.75) is 21.3 Å². The fraction of sp³-hybridized carbons (Fsp3) is 0.179. The molecule has 0 aliphatic carbocycles. The van der Waals surface area contributed by atoms with Crippen molar-refractivity contribution in [1.29, 1.82) is 0 Å². The molecular formula is C28H29N5OS. The third-order valence-electron chi connectivity index (χ3n) is 5.87. The molecule has 6 nitrogen and oxygen atoms in total. The standard InChI is InChI=1S/C26H21N5OS.2CH4/c1-31-22-15-29-20-13-23(32-2)18(4-3-5-24-27-10-11-33-24)12-19(20)25(22)26(30-31)17-8-6-16(7-9-17)21-14-28-21;;/h3-4,6-15,28H,5H2,1-2H3;2*1H4/b4-3-;;. The number of rotatable bonds is 6. The highest BCUT2D eigenvalue weighted by Gasteiger charge is 2.17. The van der Waals surface area contributed by atoms with E-state index in [2.05, 4.69) is 52.8 Å². The van der Waals surface area contributed by atoms with Crippen LogP contribution in [0.4, 0.5) is 0 Å². The van der Waals surface area contributed by atoms with E-state index in [0.29, 0.717) is 0 Å². The first-order valence-corrected chi connectivity index (χ1v) is 11.5. The summed E-state index contributed by atoms with van der Waals surface area (Å²) in [5.41, 5.74) is 7.27. The van der Waals surface area contributed by atoms with Gasteiger partial charge >= 0.3 is 0 Å². The largest absolute Gasteiger partial charge is 0.496 e. The first-order valence-electron chi connectivity index (χ1n) is 10.7. The molecule has 0 atom stereocenters. The van der Waals surface area contributed by atoms with Gasteiger partial charge in [-0.25, -0.2) is 4.98 Å². The van der Waals surface area contributed by atoms with Crippen molar-refractivity contribution in [2.75, 3.05) is 7.11 Å². The second kappa shape index (κ2) is 9.72. The molecule has 0 spiro atoms. The summed E-state index contributed by atoms with van der Waals surface area (Å²) in [5, 5.41) is 13.2. The van der Waals surface area contributed by atoms with Gasteiger partial charge in [0.2, 0.25) is 0 Å². The summed E-state index contributed by atoms with van der Waals surface area (Å²) in [7, 11) is 3.66. The second-order valence-corrected chi connectivity index (χ2v) is 8.89. The maximum absolute atomic E-state index is 5.68. The Kier molecular flexibility index (Phi) is 6.71. The van der Waals surface area contributed by atoms with Gasteiger partial charge < -0.3 is 10.1 Å². The van der Waals surface area contributed by atoms with Gasteiger partial charge in [0.05, 0.1) is 35.0 Å². The van der Waals surface area contributed by atoms with Crippen LogP contribution in [-0.4, -0.2) is 26.9 Å². The fourth-order valence-electron chi connectivity index (χ4n) is 4.13. The predicted molar refractivity (Wildman–Crippen MR) is 147 cm³/mol. The first-order chi connectivity index (χ1) is 16.2. The summed E-state index contributed by atoms with van der Waals surface area (Å²) >= 11 is 1.66. The Bertz CT molecular complexity index is 1550. The van der Waals surface area contributed by atoms with Gasteiger partial charge in [-0.2, -0.15) is 5.10 Å². The SMILES string of the molecule is C.C.COc1cc2ncc3c(c(-c4ccc(C5=CN5)cc4)nn3C)c2cc1/C=C\Cc1nccs1. The second-order valence-electron chi connectivity index (χ2n) is 7.91. The van der Waals surface area contributed by atoms with Crippen LogP contribution in [0.5, 0.6) is 5.75 Å². The predicted octanol–water partition coefficient (Wildman–Crippen LogP) is 6.68. The smallest absolute Gasteiger partial charge is 0.128 e. The molecule has 3 aromatic heterocycles. The number of thiazole rings is 1. The summed E-state index contributed by atoms with van der Waals surface area (Å²) in [6, 6.07) is 12.7. The van der Waals surface area contributed by atoms with Gasteiger partial charge in [0.25, 0.3) is 0 Å². The zero-order valence-electron chi connectivity index (χ0n) is 18.2. The lowest BCUT2D eigenvalue weighted by Crippen LogP contribution is -1.92. The van der Waals surface area contributed by atoms with E-state index in [1.165, 1.54) is 11.3 Å². The third-order valence-corrected chi connectivity index (χ3v) is 6.67. The normalized spacial score (nSPS) is 12.2. The quantitative estimate of drug-likeness (QED) is 0.291. The minimum atomic E-state index is 0. The lowest BCUT2D eigenvalue weighted by molar-refractivity contribution is 0.414. The molecule has 178 valence electrons. The van der Waals surface area contributed by atoms with Crippen molar-refractivity contribution in [3.63, 3.8) is 0 Å². The zero-order valence-corrected chi connectivity index (χ0v) is 19.1. The Balaban J connectivity index is 0.00000144. The van der Waals surface area contributed by atoms with Crippen molar-refractivity contribution >= 4 is 44.9 Å². The Hall–Kier alpha value is -3.97. The summed E-state index contributed by atoms with van der Waals surface area (Å²) in [5.74, 6) is 0.796. The molecule has 6 rings (SSSR count). The minimum Gasteiger partial charge on any atom is -0.496 e. The molecule has 7 heteroatoms. The number of nitrogens with zero attached hydrogens (tertiary/aromatic N) is 4. The number of aryl methyl sites for hydroxylation is 1. The van der Waals surface area contributed by atoms with Crippen molar-refractivity contribution < 1.29 is 4.74 Å². The van der Waals surface area contributed by atoms with Crippen LogP contribution in [0.25, 0.3) is 44.8 Å². The van der Waals surface area contributed by atoms with Gasteiger partial charge in [-0.3, -0.25) is 9.67 Å². The zero-order chi connectivity index (χ0) is 22.4. The molecule has 0 radical (unpaired) electrons. The van der Waals surface area contributed by atoms with E-state index < -0.39 is 0 Å². The highest BCUT2D eigenvalue weighted by Crippen LogP contribution is 2.36. The summed E-state index contributed by atoms with van der Waals surface area (Å²) in [4.78, 5) is 9.06. The Morgan fingerprint density at radius 3 is 2.54 bits per heavy atom. The van der Waals surface area contributed by atoms with Crippen LogP contribution < -0.4 is 10.1 Å². The van der Waals surface area contributed by atoms with E-state index in [4.69, 9.17) is 14.8 Å². The number of allylic oxidation sites excluding steroid dienone is 1. The van der Waals surface area contributed by atoms with Gasteiger partial charge in [-0.15, -0.1) is 11.3 Å². The molecule has 0 saturated heterocycles. The molecule has 35 heavy (non-hydrogen) atoms. The number of fused-ring (bicyclic) bond motifs is 3. The lowest BCUT2D eigenvalue weighted by Gasteiger charge is -2.09. The van der Waals surface area contributed by atoms with Crippen LogP contribution in [0, 0.1) is 0 Å². The van der Waals surface area contributed by atoms with E-state index in [0.717, 1.165) is 55.8 Å². The molecular weight excluding hydrogens is 454 g/mol.